The molecule has 1 saturated carbocycles. The van der Waals surface area contributed by atoms with E-state index in [-0.39, 0.29) is 6.09 Å². The molecule has 0 aliphatic heterocycles. The highest BCUT2D eigenvalue weighted by Crippen LogP contribution is 2.47. The van der Waals surface area contributed by atoms with Gasteiger partial charge < -0.3 is 10.1 Å². The van der Waals surface area contributed by atoms with Crippen molar-refractivity contribution in [1.29, 1.82) is 0 Å². The molecule has 1 rings (SSSR count). The Morgan fingerprint density at radius 1 is 1.43 bits per heavy atom. The Hall–Kier alpha value is -0.730. The number of carbonyl (C=O) groups is 1. The van der Waals surface area contributed by atoms with Crippen molar-refractivity contribution in [1.82, 2.24) is 5.32 Å². The zero-order valence-corrected chi connectivity index (χ0v) is 9.64. The van der Waals surface area contributed by atoms with Crippen molar-refractivity contribution in [2.24, 2.45) is 5.41 Å². The maximum atomic E-state index is 11.2. The van der Waals surface area contributed by atoms with Gasteiger partial charge in [-0.2, -0.15) is 0 Å². The number of rotatable bonds is 3. The SMILES string of the molecule is CC1(CCNC(=O)OC(C)(C)C)CC1. The minimum absolute atomic E-state index is 0.304. The second kappa shape index (κ2) is 3.79. The number of hydrogen-bond acceptors (Lipinski definition) is 2. The lowest BCUT2D eigenvalue weighted by Crippen LogP contribution is -2.33. The molecule has 0 atom stereocenters. The third kappa shape index (κ3) is 4.49. The second-order valence-electron chi connectivity index (χ2n) is 5.49. The van der Waals surface area contributed by atoms with Crippen LogP contribution in [-0.4, -0.2) is 18.2 Å². The standard InChI is InChI=1S/C11H21NO2/c1-10(2,3)14-9(13)12-8-7-11(4)5-6-11/h5-8H2,1-4H3,(H,12,13). The topological polar surface area (TPSA) is 38.3 Å². The van der Waals surface area contributed by atoms with E-state index in [0.717, 1.165) is 13.0 Å². The molecule has 1 amide bonds. The molecule has 0 heterocycles. The Morgan fingerprint density at radius 2 is 2.00 bits per heavy atom. The summed E-state index contributed by atoms with van der Waals surface area (Å²) in [5.74, 6) is 0. The molecule has 0 aromatic heterocycles. The molecule has 0 spiro atoms. The summed E-state index contributed by atoms with van der Waals surface area (Å²) in [4.78, 5) is 11.2. The van der Waals surface area contributed by atoms with E-state index in [2.05, 4.69) is 12.2 Å². The van der Waals surface area contributed by atoms with Gasteiger partial charge in [0.15, 0.2) is 0 Å². The second-order valence-corrected chi connectivity index (χ2v) is 5.49. The first-order chi connectivity index (χ1) is 6.31. The Labute approximate surface area is 86.2 Å². The zero-order chi connectivity index (χ0) is 10.8. The van der Waals surface area contributed by atoms with Gasteiger partial charge in [0.1, 0.15) is 5.60 Å². The molecule has 1 fully saturated rings. The van der Waals surface area contributed by atoms with E-state index in [1.165, 1.54) is 12.8 Å². The molecule has 0 aromatic carbocycles. The summed E-state index contributed by atoms with van der Waals surface area (Å²) in [5.41, 5.74) is 0.0998. The first-order valence-electron chi connectivity index (χ1n) is 5.28. The van der Waals surface area contributed by atoms with Crippen molar-refractivity contribution in [3.63, 3.8) is 0 Å². The normalized spacial score (nSPS) is 18.9. The summed E-state index contributed by atoms with van der Waals surface area (Å²) in [5, 5.41) is 2.77. The predicted molar refractivity (Wildman–Crippen MR) is 56.2 cm³/mol. The summed E-state index contributed by atoms with van der Waals surface area (Å²) < 4.78 is 5.12. The fourth-order valence-electron chi connectivity index (χ4n) is 1.24. The van der Waals surface area contributed by atoms with Gasteiger partial charge >= 0.3 is 6.09 Å². The van der Waals surface area contributed by atoms with E-state index in [9.17, 15) is 4.79 Å². The summed E-state index contributed by atoms with van der Waals surface area (Å²) >= 11 is 0. The highest BCUT2D eigenvalue weighted by atomic mass is 16.6. The van der Waals surface area contributed by atoms with Gasteiger partial charge in [-0.05, 0) is 45.4 Å². The van der Waals surface area contributed by atoms with Crippen molar-refractivity contribution in [3.8, 4) is 0 Å². The molecule has 1 N–H and O–H groups in total. The Bertz CT molecular complexity index is 214. The Morgan fingerprint density at radius 3 is 2.43 bits per heavy atom. The summed E-state index contributed by atoms with van der Waals surface area (Å²) in [7, 11) is 0. The minimum atomic E-state index is -0.395. The number of nitrogens with one attached hydrogen (secondary N) is 1. The highest BCUT2D eigenvalue weighted by Gasteiger charge is 2.36. The lowest BCUT2D eigenvalue weighted by atomic mass is 10.1. The molecule has 1 aliphatic rings. The van der Waals surface area contributed by atoms with Gasteiger partial charge in [0.2, 0.25) is 0 Å². The Kier molecular flexibility index (Phi) is 3.07. The smallest absolute Gasteiger partial charge is 0.407 e. The first-order valence-corrected chi connectivity index (χ1v) is 5.28. The third-order valence-corrected chi connectivity index (χ3v) is 2.50. The average Bonchev–Trinajstić information content (AvgIpc) is 2.64. The van der Waals surface area contributed by atoms with Crippen LogP contribution in [0, 0.1) is 5.41 Å². The molecule has 0 saturated heterocycles. The van der Waals surface area contributed by atoms with Crippen LogP contribution in [-0.2, 0) is 4.74 Å². The van der Waals surface area contributed by atoms with Crippen LogP contribution in [0.25, 0.3) is 0 Å². The third-order valence-electron chi connectivity index (χ3n) is 2.50. The van der Waals surface area contributed by atoms with Crippen molar-refractivity contribution in [2.75, 3.05) is 6.54 Å². The van der Waals surface area contributed by atoms with Crippen LogP contribution in [0.5, 0.6) is 0 Å². The predicted octanol–water partition coefficient (Wildman–Crippen LogP) is 2.70. The van der Waals surface area contributed by atoms with Crippen molar-refractivity contribution in [2.45, 2.75) is 52.6 Å². The maximum absolute atomic E-state index is 11.2. The van der Waals surface area contributed by atoms with E-state index >= 15 is 0 Å². The van der Waals surface area contributed by atoms with Crippen LogP contribution in [0.4, 0.5) is 4.79 Å². The van der Waals surface area contributed by atoms with Gasteiger partial charge in [-0.15, -0.1) is 0 Å². The monoisotopic (exact) mass is 199 g/mol. The molecule has 14 heavy (non-hydrogen) atoms. The summed E-state index contributed by atoms with van der Waals surface area (Å²) in [6.45, 7) is 8.59. The fraction of sp³-hybridized carbons (Fsp3) is 0.909. The average molecular weight is 199 g/mol. The molecule has 0 aromatic rings. The number of carbonyl (C=O) groups excluding carboxylic acids is 1. The lowest BCUT2D eigenvalue weighted by Gasteiger charge is -2.20. The largest absolute Gasteiger partial charge is 0.444 e. The van der Waals surface area contributed by atoms with Gasteiger partial charge in [-0.1, -0.05) is 6.92 Å². The molecular formula is C11H21NO2. The van der Waals surface area contributed by atoms with Crippen LogP contribution in [0.1, 0.15) is 47.0 Å². The molecule has 3 heteroatoms. The van der Waals surface area contributed by atoms with Crippen LogP contribution < -0.4 is 5.32 Å². The van der Waals surface area contributed by atoms with E-state index in [0.29, 0.717) is 5.41 Å². The molecule has 0 bridgehead atoms. The number of ether oxygens (including phenoxy) is 1. The molecule has 0 radical (unpaired) electrons. The maximum Gasteiger partial charge on any atom is 0.407 e. The van der Waals surface area contributed by atoms with Crippen LogP contribution in [0.3, 0.4) is 0 Å². The molecular weight excluding hydrogens is 178 g/mol. The molecule has 82 valence electrons. The van der Waals surface area contributed by atoms with Gasteiger partial charge in [0.25, 0.3) is 0 Å². The van der Waals surface area contributed by atoms with Crippen LogP contribution in [0.2, 0.25) is 0 Å². The van der Waals surface area contributed by atoms with E-state index in [1.54, 1.807) is 0 Å². The Balaban J connectivity index is 2.09. The van der Waals surface area contributed by atoms with Gasteiger partial charge in [-0.3, -0.25) is 0 Å². The van der Waals surface area contributed by atoms with E-state index < -0.39 is 5.60 Å². The minimum Gasteiger partial charge on any atom is -0.444 e. The van der Waals surface area contributed by atoms with Crippen molar-refractivity contribution in [3.05, 3.63) is 0 Å². The summed E-state index contributed by atoms with van der Waals surface area (Å²) in [6, 6.07) is 0. The molecule has 1 aliphatic carbocycles. The fourth-order valence-corrected chi connectivity index (χ4v) is 1.24. The van der Waals surface area contributed by atoms with E-state index in [4.69, 9.17) is 4.74 Å². The van der Waals surface area contributed by atoms with Gasteiger partial charge in [0, 0.05) is 6.54 Å². The van der Waals surface area contributed by atoms with Crippen LogP contribution in [0.15, 0.2) is 0 Å². The number of hydrogen-bond donors (Lipinski definition) is 1. The molecule has 0 unspecified atom stereocenters. The highest BCUT2D eigenvalue weighted by molar-refractivity contribution is 5.67. The first kappa shape index (κ1) is 11.3. The van der Waals surface area contributed by atoms with Gasteiger partial charge in [-0.25, -0.2) is 4.79 Å². The van der Waals surface area contributed by atoms with Crippen molar-refractivity contribution >= 4 is 6.09 Å². The van der Waals surface area contributed by atoms with Crippen molar-refractivity contribution < 1.29 is 9.53 Å². The molecule has 3 nitrogen and oxygen atoms in total. The van der Waals surface area contributed by atoms with Crippen LogP contribution >= 0.6 is 0 Å². The zero-order valence-electron chi connectivity index (χ0n) is 9.64. The number of alkyl carbamates (subject to hydrolysis) is 1. The summed E-state index contributed by atoms with van der Waals surface area (Å²) in [6.07, 6.45) is 3.35. The number of amides is 1. The quantitative estimate of drug-likeness (QED) is 0.759. The van der Waals surface area contributed by atoms with Gasteiger partial charge in [0.05, 0.1) is 0 Å². The van der Waals surface area contributed by atoms with E-state index in [1.807, 2.05) is 20.8 Å². The lowest BCUT2D eigenvalue weighted by molar-refractivity contribution is 0.0525.